The second kappa shape index (κ2) is 4.75. The van der Waals surface area contributed by atoms with Crippen LogP contribution in [0, 0.1) is 0 Å². The molecule has 1 aromatic rings. The standard InChI is InChI=1S/C15H20ClNO/c1-15(6-2-3-7-15)17-10-13-9-11-8-12(16)4-5-14(11)18-13/h4-5,8,13,17H,2-3,6-7,9-10H2,1H3. The van der Waals surface area contributed by atoms with Crippen molar-refractivity contribution in [2.24, 2.45) is 0 Å². The van der Waals surface area contributed by atoms with E-state index in [1.807, 2.05) is 18.2 Å². The van der Waals surface area contributed by atoms with Crippen LogP contribution in [-0.4, -0.2) is 18.2 Å². The van der Waals surface area contributed by atoms with Gasteiger partial charge >= 0.3 is 0 Å². The third kappa shape index (κ3) is 2.50. The van der Waals surface area contributed by atoms with Crippen molar-refractivity contribution in [2.45, 2.75) is 50.7 Å². The molecular weight excluding hydrogens is 246 g/mol. The lowest BCUT2D eigenvalue weighted by atomic mass is 10.00. The van der Waals surface area contributed by atoms with Crippen LogP contribution in [0.5, 0.6) is 5.75 Å². The van der Waals surface area contributed by atoms with E-state index in [0.717, 1.165) is 23.7 Å². The van der Waals surface area contributed by atoms with Gasteiger partial charge < -0.3 is 10.1 Å². The largest absolute Gasteiger partial charge is 0.488 e. The van der Waals surface area contributed by atoms with Crippen molar-refractivity contribution >= 4 is 11.6 Å². The highest BCUT2D eigenvalue weighted by molar-refractivity contribution is 6.30. The molecule has 0 amide bonds. The molecule has 2 nitrogen and oxygen atoms in total. The fourth-order valence-electron chi connectivity index (χ4n) is 3.10. The van der Waals surface area contributed by atoms with Crippen molar-refractivity contribution in [1.29, 1.82) is 0 Å². The summed E-state index contributed by atoms with van der Waals surface area (Å²) in [5, 5.41) is 4.49. The maximum Gasteiger partial charge on any atom is 0.123 e. The molecule has 1 N–H and O–H groups in total. The van der Waals surface area contributed by atoms with E-state index < -0.39 is 0 Å². The zero-order chi connectivity index (χ0) is 12.6. The Morgan fingerprint density at radius 1 is 1.39 bits per heavy atom. The summed E-state index contributed by atoms with van der Waals surface area (Å²) in [5.74, 6) is 1.00. The first-order valence-corrected chi connectivity index (χ1v) is 7.23. The zero-order valence-electron chi connectivity index (χ0n) is 10.8. The van der Waals surface area contributed by atoms with Crippen LogP contribution in [0.25, 0.3) is 0 Å². The monoisotopic (exact) mass is 265 g/mol. The van der Waals surface area contributed by atoms with Gasteiger partial charge in [0.15, 0.2) is 0 Å². The lowest BCUT2D eigenvalue weighted by molar-refractivity contribution is 0.205. The molecule has 0 radical (unpaired) electrons. The molecular formula is C15H20ClNO. The van der Waals surface area contributed by atoms with Crippen LogP contribution < -0.4 is 10.1 Å². The number of halogens is 1. The predicted molar refractivity (Wildman–Crippen MR) is 74.4 cm³/mol. The van der Waals surface area contributed by atoms with E-state index in [1.54, 1.807) is 0 Å². The van der Waals surface area contributed by atoms with Crippen LogP contribution in [0.3, 0.4) is 0 Å². The van der Waals surface area contributed by atoms with Crippen molar-refractivity contribution in [3.63, 3.8) is 0 Å². The van der Waals surface area contributed by atoms with Crippen LogP contribution in [-0.2, 0) is 6.42 Å². The van der Waals surface area contributed by atoms with Gasteiger partial charge in [-0.15, -0.1) is 0 Å². The minimum absolute atomic E-state index is 0.260. The topological polar surface area (TPSA) is 21.3 Å². The lowest BCUT2D eigenvalue weighted by Gasteiger charge is -2.27. The molecule has 1 aliphatic heterocycles. The van der Waals surface area contributed by atoms with E-state index in [-0.39, 0.29) is 6.10 Å². The Morgan fingerprint density at radius 3 is 2.94 bits per heavy atom. The summed E-state index contributed by atoms with van der Waals surface area (Å²) in [5.41, 5.74) is 1.57. The molecule has 18 heavy (non-hydrogen) atoms. The number of fused-ring (bicyclic) bond motifs is 1. The van der Waals surface area contributed by atoms with E-state index in [9.17, 15) is 0 Å². The summed E-state index contributed by atoms with van der Waals surface area (Å²) in [6.07, 6.45) is 6.52. The first kappa shape index (κ1) is 12.3. The number of hydrogen-bond donors (Lipinski definition) is 1. The van der Waals surface area contributed by atoms with E-state index in [1.165, 1.54) is 31.2 Å². The third-order valence-electron chi connectivity index (χ3n) is 4.23. The first-order valence-electron chi connectivity index (χ1n) is 6.85. The van der Waals surface area contributed by atoms with Crippen molar-refractivity contribution in [1.82, 2.24) is 5.32 Å². The van der Waals surface area contributed by atoms with Gasteiger partial charge in [0, 0.05) is 23.5 Å². The Kier molecular flexibility index (Phi) is 3.25. The smallest absolute Gasteiger partial charge is 0.123 e. The molecule has 1 atom stereocenters. The van der Waals surface area contributed by atoms with Gasteiger partial charge in [0.2, 0.25) is 0 Å². The maximum absolute atomic E-state index is 6.00. The summed E-state index contributed by atoms with van der Waals surface area (Å²) < 4.78 is 5.95. The van der Waals surface area contributed by atoms with E-state index in [2.05, 4.69) is 12.2 Å². The summed E-state index contributed by atoms with van der Waals surface area (Å²) in [4.78, 5) is 0. The molecule has 3 rings (SSSR count). The summed E-state index contributed by atoms with van der Waals surface area (Å²) in [6.45, 7) is 3.27. The van der Waals surface area contributed by atoms with Gasteiger partial charge in [-0.2, -0.15) is 0 Å². The Balaban J connectivity index is 1.58. The second-order valence-electron chi connectivity index (χ2n) is 5.84. The summed E-state index contributed by atoms with van der Waals surface area (Å²) in [7, 11) is 0. The van der Waals surface area contributed by atoms with Crippen molar-refractivity contribution in [2.75, 3.05) is 6.54 Å². The average molecular weight is 266 g/mol. The third-order valence-corrected chi connectivity index (χ3v) is 4.46. The Bertz CT molecular complexity index is 440. The van der Waals surface area contributed by atoms with Crippen molar-refractivity contribution < 1.29 is 4.74 Å². The minimum Gasteiger partial charge on any atom is -0.488 e. The van der Waals surface area contributed by atoms with Crippen molar-refractivity contribution in [3.8, 4) is 5.75 Å². The zero-order valence-corrected chi connectivity index (χ0v) is 11.6. The van der Waals surface area contributed by atoms with Gasteiger partial charge in [0.1, 0.15) is 11.9 Å². The molecule has 1 fully saturated rings. The van der Waals surface area contributed by atoms with Gasteiger partial charge in [-0.1, -0.05) is 24.4 Å². The van der Waals surface area contributed by atoms with Gasteiger partial charge in [0.05, 0.1) is 0 Å². The number of nitrogens with one attached hydrogen (secondary N) is 1. The average Bonchev–Trinajstić information content (AvgIpc) is 2.93. The van der Waals surface area contributed by atoms with Gasteiger partial charge in [0.25, 0.3) is 0 Å². The van der Waals surface area contributed by atoms with Crippen molar-refractivity contribution in [3.05, 3.63) is 28.8 Å². The fourth-order valence-corrected chi connectivity index (χ4v) is 3.29. The fraction of sp³-hybridized carbons (Fsp3) is 0.600. The highest BCUT2D eigenvalue weighted by atomic mass is 35.5. The van der Waals surface area contributed by atoms with Crippen LogP contribution in [0.4, 0.5) is 0 Å². The van der Waals surface area contributed by atoms with Crippen LogP contribution in [0.2, 0.25) is 5.02 Å². The number of ether oxygens (including phenoxy) is 1. The summed E-state index contributed by atoms with van der Waals surface area (Å²) in [6, 6.07) is 5.90. The molecule has 1 aliphatic carbocycles. The molecule has 1 unspecified atom stereocenters. The highest BCUT2D eigenvalue weighted by Gasteiger charge is 2.30. The normalized spacial score (nSPS) is 24.9. The molecule has 0 bridgehead atoms. The lowest BCUT2D eigenvalue weighted by Crippen LogP contribution is -2.44. The minimum atomic E-state index is 0.260. The maximum atomic E-state index is 6.00. The van der Waals surface area contributed by atoms with Gasteiger partial charge in [-0.25, -0.2) is 0 Å². The molecule has 98 valence electrons. The molecule has 0 spiro atoms. The Hall–Kier alpha value is -0.730. The number of benzene rings is 1. The molecule has 1 heterocycles. The Labute approximate surface area is 114 Å². The van der Waals surface area contributed by atoms with E-state index >= 15 is 0 Å². The van der Waals surface area contributed by atoms with Crippen LogP contribution in [0.1, 0.15) is 38.2 Å². The second-order valence-corrected chi connectivity index (χ2v) is 6.28. The van der Waals surface area contributed by atoms with E-state index in [4.69, 9.17) is 16.3 Å². The number of hydrogen-bond acceptors (Lipinski definition) is 2. The first-order chi connectivity index (χ1) is 8.65. The van der Waals surface area contributed by atoms with E-state index in [0.29, 0.717) is 5.54 Å². The molecule has 0 aromatic heterocycles. The van der Waals surface area contributed by atoms with Crippen LogP contribution in [0.15, 0.2) is 18.2 Å². The SMILES string of the molecule is CC1(NCC2Cc3cc(Cl)ccc3O2)CCCC1. The van der Waals surface area contributed by atoms with Gasteiger partial charge in [-0.3, -0.25) is 0 Å². The number of rotatable bonds is 3. The highest BCUT2D eigenvalue weighted by Crippen LogP contribution is 2.32. The summed E-state index contributed by atoms with van der Waals surface area (Å²) >= 11 is 6.00. The van der Waals surface area contributed by atoms with Gasteiger partial charge in [-0.05, 0) is 43.5 Å². The molecule has 3 heteroatoms. The Morgan fingerprint density at radius 2 is 2.17 bits per heavy atom. The predicted octanol–water partition coefficient (Wildman–Crippen LogP) is 3.57. The molecule has 0 saturated heterocycles. The quantitative estimate of drug-likeness (QED) is 0.902. The molecule has 2 aliphatic rings. The molecule has 1 aromatic carbocycles. The molecule has 1 saturated carbocycles. The van der Waals surface area contributed by atoms with Crippen LogP contribution >= 0.6 is 11.6 Å².